The molecule has 1 aliphatic rings. The fourth-order valence-electron chi connectivity index (χ4n) is 3.04. The summed E-state index contributed by atoms with van der Waals surface area (Å²) < 4.78 is 10.3. The number of nitrogens with zero attached hydrogens (tertiary/aromatic N) is 6. The average Bonchev–Trinajstić information content (AvgIpc) is 3.43. The van der Waals surface area contributed by atoms with Crippen LogP contribution in [0.5, 0.6) is 5.75 Å². The van der Waals surface area contributed by atoms with Crippen molar-refractivity contribution >= 4 is 46.4 Å². The maximum absolute atomic E-state index is 13.2. The normalized spacial score (nSPS) is 15.1. The molecule has 0 aliphatic carbocycles. The molecule has 4 rings (SSSR count). The second-order valence-electron chi connectivity index (χ2n) is 7.28. The molecule has 0 atom stereocenters. The highest BCUT2D eigenvalue weighted by Crippen LogP contribution is 2.29. The molecule has 0 N–H and O–H groups in total. The van der Waals surface area contributed by atoms with E-state index in [0.29, 0.717) is 16.6 Å². The standard InChI is InChI=1S/C23H22N6O4S/c1-27(2)28-14-21(33-26-28)25-20(30)15-34-23-24-19(13-16-8-7-11-18(12-16)32-3)22(31)29(23)17-9-5-4-6-10-17/h4-14H,15H2,1-3H3/b19-13+. The quantitative estimate of drug-likeness (QED) is 0.220. The van der Waals surface area contributed by atoms with E-state index in [2.05, 4.69) is 15.3 Å². The van der Waals surface area contributed by atoms with Gasteiger partial charge in [-0.05, 0) is 41.8 Å². The third-order valence-electron chi connectivity index (χ3n) is 4.65. The minimum atomic E-state index is -0.444. The zero-order chi connectivity index (χ0) is 24.1. The monoisotopic (exact) mass is 478 g/mol. The van der Waals surface area contributed by atoms with Crippen LogP contribution in [-0.2, 0) is 4.79 Å². The summed E-state index contributed by atoms with van der Waals surface area (Å²) in [6.07, 6.45) is 3.18. The molecule has 2 aromatic carbocycles. The van der Waals surface area contributed by atoms with Crippen LogP contribution in [0.1, 0.15) is 5.56 Å². The molecule has 1 aromatic heterocycles. The van der Waals surface area contributed by atoms with Crippen LogP contribution in [0.25, 0.3) is 6.08 Å². The molecule has 0 spiro atoms. The molecule has 1 amide bonds. The molecular formula is C23H22N6O4S. The lowest BCUT2D eigenvalue weighted by Gasteiger charge is -2.18. The number of thioether (sulfide) groups is 1. The molecule has 10 nitrogen and oxygen atoms in total. The number of carbonyl (C=O) groups is 1. The van der Waals surface area contributed by atoms with E-state index in [1.165, 1.54) is 15.9 Å². The van der Waals surface area contributed by atoms with Gasteiger partial charge in [-0.25, -0.2) is 9.98 Å². The van der Waals surface area contributed by atoms with Gasteiger partial charge < -0.3 is 9.84 Å². The first-order valence-corrected chi connectivity index (χ1v) is 11.2. The van der Waals surface area contributed by atoms with E-state index in [1.54, 1.807) is 32.3 Å². The van der Waals surface area contributed by atoms with Crippen LogP contribution in [0.4, 0.5) is 11.6 Å². The van der Waals surface area contributed by atoms with Crippen molar-refractivity contribution in [3.63, 3.8) is 0 Å². The van der Waals surface area contributed by atoms with Gasteiger partial charge in [0.05, 0.1) is 31.7 Å². The number of aromatic nitrogens is 2. The highest BCUT2D eigenvalue weighted by molar-refractivity contribution is 8.14. The number of aliphatic imine (C=N–C) groups is 2. The van der Waals surface area contributed by atoms with Gasteiger partial charge in [-0.2, -0.15) is 5.01 Å². The van der Waals surface area contributed by atoms with Crippen molar-refractivity contribution in [1.82, 2.24) is 5.27 Å². The van der Waals surface area contributed by atoms with Crippen LogP contribution in [0, 0.1) is 0 Å². The van der Waals surface area contributed by atoms with E-state index in [0.717, 1.165) is 17.3 Å². The van der Waals surface area contributed by atoms with Crippen molar-refractivity contribution in [3.05, 3.63) is 72.1 Å². The molecule has 174 valence electrons. The largest absolute Gasteiger partial charge is 0.861 e. The predicted molar refractivity (Wildman–Crippen MR) is 129 cm³/mol. The SMILES string of the molecule is COc1cccc(/C=C2/N=C(SC/C([O-])=N\c3c[n+](N(C)C)no3)N(c3ccccc3)C2=O)c1. The van der Waals surface area contributed by atoms with Gasteiger partial charge in [0.1, 0.15) is 11.4 Å². The zero-order valence-electron chi connectivity index (χ0n) is 18.8. The molecule has 0 saturated heterocycles. The maximum Gasteiger partial charge on any atom is 0.324 e. The summed E-state index contributed by atoms with van der Waals surface area (Å²) >= 11 is 1.12. The van der Waals surface area contributed by atoms with Crippen molar-refractivity contribution in [2.24, 2.45) is 9.98 Å². The molecule has 11 heteroatoms. The first kappa shape index (κ1) is 23.1. The summed E-state index contributed by atoms with van der Waals surface area (Å²) in [5, 5.41) is 18.2. The number of hydrogen-bond acceptors (Lipinski definition) is 9. The van der Waals surface area contributed by atoms with Crippen LogP contribution in [-0.4, -0.2) is 49.2 Å². The van der Waals surface area contributed by atoms with Crippen molar-refractivity contribution in [3.8, 4) is 5.75 Å². The summed E-state index contributed by atoms with van der Waals surface area (Å²) in [6.45, 7) is 0. The van der Waals surface area contributed by atoms with E-state index < -0.39 is 5.90 Å². The number of benzene rings is 2. The number of ether oxygens (including phenoxy) is 1. The Balaban J connectivity index is 1.58. The van der Waals surface area contributed by atoms with Gasteiger partial charge in [0.15, 0.2) is 5.17 Å². The Labute approximate surface area is 200 Å². The molecule has 0 saturated carbocycles. The third-order valence-corrected chi connectivity index (χ3v) is 5.58. The van der Waals surface area contributed by atoms with E-state index in [4.69, 9.17) is 9.26 Å². The lowest BCUT2D eigenvalue weighted by atomic mass is 10.2. The van der Waals surface area contributed by atoms with E-state index in [-0.39, 0.29) is 23.2 Å². The third kappa shape index (κ3) is 5.26. The predicted octanol–water partition coefficient (Wildman–Crippen LogP) is 1.74. The molecule has 3 aromatic rings. The molecule has 0 fully saturated rings. The van der Waals surface area contributed by atoms with Crippen LogP contribution in [0.3, 0.4) is 0 Å². The highest BCUT2D eigenvalue weighted by atomic mass is 32.2. The van der Waals surface area contributed by atoms with E-state index in [9.17, 15) is 9.90 Å². The Hall–Kier alpha value is -4.12. The highest BCUT2D eigenvalue weighted by Gasteiger charge is 2.31. The maximum atomic E-state index is 13.2. The van der Waals surface area contributed by atoms with E-state index in [1.807, 2.05) is 54.6 Å². The molecule has 0 unspecified atom stereocenters. The molecule has 0 radical (unpaired) electrons. The number of amides is 1. The van der Waals surface area contributed by atoms with Gasteiger partial charge in [0.25, 0.3) is 12.1 Å². The fourth-order valence-corrected chi connectivity index (χ4v) is 3.83. The number of methoxy groups -OCH3 is 1. The van der Waals surface area contributed by atoms with Crippen molar-refractivity contribution in [2.75, 3.05) is 36.9 Å². The van der Waals surface area contributed by atoms with Gasteiger partial charge in [-0.1, -0.05) is 42.1 Å². The minimum absolute atomic E-state index is 0.0372. The number of hydrogen-bond donors (Lipinski definition) is 0. The lowest BCUT2D eigenvalue weighted by molar-refractivity contribution is -0.753. The first-order valence-electron chi connectivity index (χ1n) is 10.2. The Morgan fingerprint density at radius 3 is 2.76 bits per heavy atom. The average molecular weight is 479 g/mol. The molecule has 0 bridgehead atoms. The number of rotatable bonds is 7. The first-order chi connectivity index (χ1) is 16.4. The molecule has 2 heterocycles. The summed E-state index contributed by atoms with van der Waals surface area (Å²) in [7, 11) is 5.12. The Morgan fingerprint density at radius 1 is 1.26 bits per heavy atom. The van der Waals surface area contributed by atoms with Gasteiger partial charge >= 0.3 is 5.88 Å². The van der Waals surface area contributed by atoms with E-state index >= 15 is 0 Å². The summed E-state index contributed by atoms with van der Waals surface area (Å²) in [5.41, 5.74) is 1.68. The summed E-state index contributed by atoms with van der Waals surface area (Å²) in [6, 6.07) is 16.5. The number of carbonyl (C=O) groups excluding carboxylic acids is 1. The Morgan fingerprint density at radius 2 is 2.06 bits per heavy atom. The van der Waals surface area contributed by atoms with Crippen LogP contribution in [0.2, 0.25) is 0 Å². The lowest BCUT2D eigenvalue weighted by Crippen LogP contribution is -2.53. The minimum Gasteiger partial charge on any atom is -0.861 e. The molecular weight excluding hydrogens is 456 g/mol. The molecule has 1 aliphatic heterocycles. The number of anilines is 1. The van der Waals surface area contributed by atoms with Crippen LogP contribution >= 0.6 is 11.8 Å². The van der Waals surface area contributed by atoms with Crippen molar-refractivity contribution in [2.45, 2.75) is 0 Å². The topological polar surface area (TPSA) is 110 Å². The Kier molecular flexibility index (Phi) is 6.93. The van der Waals surface area contributed by atoms with Gasteiger partial charge in [-0.15, -0.1) is 0 Å². The Bertz CT molecular complexity index is 1270. The van der Waals surface area contributed by atoms with Gasteiger partial charge in [-0.3, -0.25) is 14.2 Å². The van der Waals surface area contributed by atoms with Crippen molar-refractivity contribution < 1.29 is 24.0 Å². The smallest absolute Gasteiger partial charge is 0.324 e. The summed E-state index contributed by atoms with van der Waals surface area (Å²) in [5.74, 6) is -0.00995. The number of para-hydroxylation sites is 1. The second kappa shape index (κ2) is 10.2. The van der Waals surface area contributed by atoms with Gasteiger partial charge in [0.2, 0.25) is 5.27 Å². The van der Waals surface area contributed by atoms with Crippen molar-refractivity contribution in [1.29, 1.82) is 0 Å². The fraction of sp³-hybridized carbons (Fsp3) is 0.174. The summed E-state index contributed by atoms with van der Waals surface area (Å²) in [4.78, 5) is 24.6. The van der Waals surface area contributed by atoms with Gasteiger partial charge in [0, 0.05) is 5.75 Å². The van der Waals surface area contributed by atoms with Crippen LogP contribution in [0.15, 0.2) is 81.0 Å². The zero-order valence-corrected chi connectivity index (χ0v) is 19.6. The molecule has 34 heavy (non-hydrogen) atoms. The second-order valence-corrected chi connectivity index (χ2v) is 8.22. The number of amidine groups is 1. The van der Waals surface area contributed by atoms with Crippen LogP contribution < -0.4 is 24.5 Å².